The second-order valence-electron chi connectivity index (χ2n) is 7.00. The highest BCUT2D eigenvalue weighted by atomic mass is 35.5. The van der Waals surface area contributed by atoms with Crippen molar-refractivity contribution in [2.45, 2.75) is 19.4 Å². The molecule has 144 valence electrons. The van der Waals surface area contributed by atoms with Gasteiger partial charge in [0, 0.05) is 24.7 Å². The zero-order valence-corrected chi connectivity index (χ0v) is 16.1. The second-order valence-corrected chi connectivity index (χ2v) is 7.41. The van der Waals surface area contributed by atoms with Crippen molar-refractivity contribution in [3.05, 3.63) is 69.5 Å². The van der Waals surface area contributed by atoms with E-state index in [-0.39, 0.29) is 17.4 Å². The Bertz CT molecular complexity index is 1070. The lowest BCUT2D eigenvalue weighted by atomic mass is 9.97. The van der Waals surface area contributed by atoms with E-state index < -0.39 is 0 Å². The van der Waals surface area contributed by atoms with Gasteiger partial charge in [-0.25, -0.2) is 4.98 Å². The Morgan fingerprint density at radius 1 is 1.21 bits per heavy atom. The number of rotatable bonds is 4. The highest BCUT2D eigenvalue weighted by Gasteiger charge is 2.28. The number of para-hydroxylation sites is 2. The number of nitrogens with zero attached hydrogens (tertiary/aromatic N) is 2. The molecule has 2 N–H and O–H groups in total. The van der Waals surface area contributed by atoms with E-state index in [0.29, 0.717) is 36.0 Å². The van der Waals surface area contributed by atoms with Gasteiger partial charge in [-0.05, 0) is 36.6 Å². The minimum Gasteiger partial charge on any atom is -0.352 e. The summed E-state index contributed by atoms with van der Waals surface area (Å²) in [5.74, 6) is 0.160. The van der Waals surface area contributed by atoms with Crippen molar-refractivity contribution < 1.29 is 4.79 Å². The molecule has 0 aliphatic carbocycles. The Labute approximate surface area is 167 Å². The van der Waals surface area contributed by atoms with Gasteiger partial charge in [0.15, 0.2) is 5.82 Å². The molecule has 0 radical (unpaired) electrons. The molecule has 4 rings (SSSR count). The van der Waals surface area contributed by atoms with E-state index in [9.17, 15) is 9.59 Å². The quantitative estimate of drug-likeness (QED) is 0.710. The minimum atomic E-state index is -0.226. The molecule has 0 spiro atoms. The van der Waals surface area contributed by atoms with Crippen LogP contribution in [0.4, 0.5) is 5.82 Å². The number of anilines is 1. The summed E-state index contributed by atoms with van der Waals surface area (Å²) in [7, 11) is 0. The topological polar surface area (TPSA) is 78.1 Å². The molecule has 1 aliphatic rings. The van der Waals surface area contributed by atoms with Crippen molar-refractivity contribution in [1.29, 1.82) is 0 Å². The van der Waals surface area contributed by atoms with Gasteiger partial charge in [-0.1, -0.05) is 41.9 Å². The van der Waals surface area contributed by atoms with Crippen LogP contribution in [0.15, 0.2) is 53.3 Å². The summed E-state index contributed by atoms with van der Waals surface area (Å²) < 4.78 is 0. The van der Waals surface area contributed by atoms with Crippen LogP contribution in [0, 0.1) is 5.92 Å². The first-order chi connectivity index (χ1) is 13.6. The predicted octanol–water partition coefficient (Wildman–Crippen LogP) is 3.11. The van der Waals surface area contributed by atoms with Crippen LogP contribution in [0.1, 0.15) is 18.4 Å². The Morgan fingerprint density at radius 3 is 2.86 bits per heavy atom. The fraction of sp³-hybridized carbons (Fsp3) is 0.286. The van der Waals surface area contributed by atoms with Crippen LogP contribution in [-0.4, -0.2) is 29.0 Å². The molecule has 28 heavy (non-hydrogen) atoms. The number of aromatic amines is 1. The van der Waals surface area contributed by atoms with Crippen LogP contribution in [0.5, 0.6) is 0 Å². The van der Waals surface area contributed by atoms with Crippen LogP contribution in [-0.2, 0) is 11.3 Å². The summed E-state index contributed by atoms with van der Waals surface area (Å²) in [4.78, 5) is 34.5. The minimum absolute atomic E-state index is 0.0261. The van der Waals surface area contributed by atoms with Crippen LogP contribution in [0.3, 0.4) is 0 Å². The molecule has 0 saturated carbocycles. The number of benzene rings is 2. The number of hydrogen-bond donors (Lipinski definition) is 2. The van der Waals surface area contributed by atoms with Crippen LogP contribution < -0.4 is 15.8 Å². The average Bonchev–Trinajstić information content (AvgIpc) is 2.72. The summed E-state index contributed by atoms with van der Waals surface area (Å²) in [5.41, 5.74) is 2.11. The molecule has 1 fully saturated rings. The molecule has 2 aromatic carbocycles. The van der Waals surface area contributed by atoms with E-state index in [4.69, 9.17) is 11.6 Å². The zero-order valence-electron chi connectivity index (χ0n) is 15.3. The van der Waals surface area contributed by atoms with Gasteiger partial charge in [0.2, 0.25) is 5.91 Å². The van der Waals surface area contributed by atoms with E-state index >= 15 is 0 Å². The van der Waals surface area contributed by atoms with E-state index in [2.05, 4.69) is 15.3 Å². The Morgan fingerprint density at radius 2 is 2.00 bits per heavy atom. The fourth-order valence-electron chi connectivity index (χ4n) is 3.59. The Kier molecular flexibility index (Phi) is 5.30. The van der Waals surface area contributed by atoms with Gasteiger partial charge in [-0.2, -0.15) is 0 Å². The SMILES string of the molecule is O=C(NCc1ccccc1Cl)C1CCCN(c2nc3ccccc3[nH]c2=O)C1. The molecule has 1 aromatic heterocycles. The maximum Gasteiger partial charge on any atom is 0.291 e. The smallest absolute Gasteiger partial charge is 0.291 e. The van der Waals surface area contributed by atoms with Crippen molar-refractivity contribution in [3.8, 4) is 0 Å². The molecule has 1 aliphatic heterocycles. The third kappa shape index (κ3) is 3.87. The first-order valence-electron chi connectivity index (χ1n) is 9.37. The molecule has 1 saturated heterocycles. The van der Waals surface area contributed by atoms with E-state index in [1.165, 1.54) is 0 Å². The molecule has 3 aromatic rings. The lowest BCUT2D eigenvalue weighted by Gasteiger charge is -2.32. The molecule has 1 amide bonds. The standard InChI is InChI=1S/C21H21ClN4O2/c22-16-8-2-1-6-14(16)12-23-20(27)15-7-5-11-26(13-15)19-21(28)25-18-10-4-3-9-17(18)24-19/h1-4,6,8-10,15H,5,7,11-13H2,(H,23,27)(H,25,28). The summed E-state index contributed by atoms with van der Waals surface area (Å²) in [6.45, 7) is 1.58. The first kappa shape index (κ1) is 18.5. The van der Waals surface area contributed by atoms with Crippen LogP contribution in [0.2, 0.25) is 5.02 Å². The number of hydrogen-bond acceptors (Lipinski definition) is 4. The molecule has 7 heteroatoms. The number of amides is 1. The maximum atomic E-state index is 12.7. The number of carbonyl (C=O) groups excluding carboxylic acids is 1. The number of aromatic nitrogens is 2. The van der Waals surface area contributed by atoms with Crippen molar-refractivity contribution in [1.82, 2.24) is 15.3 Å². The van der Waals surface area contributed by atoms with Crippen LogP contribution >= 0.6 is 11.6 Å². The molecular weight excluding hydrogens is 376 g/mol. The third-order valence-electron chi connectivity index (χ3n) is 5.08. The zero-order chi connectivity index (χ0) is 19.5. The third-order valence-corrected chi connectivity index (χ3v) is 5.45. The van der Waals surface area contributed by atoms with Gasteiger partial charge >= 0.3 is 0 Å². The van der Waals surface area contributed by atoms with Crippen LogP contribution in [0.25, 0.3) is 11.0 Å². The van der Waals surface area contributed by atoms with Gasteiger partial charge in [0.05, 0.1) is 17.0 Å². The predicted molar refractivity (Wildman–Crippen MR) is 111 cm³/mol. The number of H-pyrrole nitrogens is 1. The van der Waals surface area contributed by atoms with Gasteiger partial charge in [0.1, 0.15) is 0 Å². The fourth-order valence-corrected chi connectivity index (χ4v) is 3.79. The number of fused-ring (bicyclic) bond motifs is 1. The van der Waals surface area contributed by atoms with Gasteiger partial charge in [-0.15, -0.1) is 0 Å². The molecule has 2 heterocycles. The highest BCUT2D eigenvalue weighted by molar-refractivity contribution is 6.31. The summed E-state index contributed by atoms with van der Waals surface area (Å²) >= 11 is 6.16. The highest BCUT2D eigenvalue weighted by Crippen LogP contribution is 2.21. The van der Waals surface area contributed by atoms with Gasteiger partial charge in [0.25, 0.3) is 5.56 Å². The number of halogens is 1. The van der Waals surface area contributed by atoms with Gasteiger partial charge < -0.3 is 15.2 Å². The Hall–Kier alpha value is -2.86. The molecule has 1 atom stereocenters. The number of nitrogens with one attached hydrogen (secondary N) is 2. The van der Waals surface area contributed by atoms with Crippen molar-refractivity contribution in [2.24, 2.45) is 5.92 Å². The van der Waals surface area contributed by atoms with E-state index in [1.807, 2.05) is 53.4 Å². The van der Waals surface area contributed by atoms with E-state index in [1.54, 1.807) is 0 Å². The Balaban J connectivity index is 1.47. The van der Waals surface area contributed by atoms with Gasteiger partial charge in [-0.3, -0.25) is 9.59 Å². The van der Waals surface area contributed by atoms with Crippen molar-refractivity contribution >= 4 is 34.4 Å². The molecule has 1 unspecified atom stereocenters. The van der Waals surface area contributed by atoms with E-state index in [0.717, 1.165) is 23.9 Å². The lowest BCUT2D eigenvalue weighted by molar-refractivity contribution is -0.125. The maximum absolute atomic E-state index is 12.7. The average molecular weight is 397 g/mol. The second kappa shape index (κ2) is 8.02. The monoisotopic (exact) mass is 396 g/mol. The number of piperidine rings is 1. The summed E-state index contributed by atoms with van der Waals surface area (Å²) in [5, 5.41) is 3.61. The number of carbonyl (C=O) groups is 1. The summed E-state index contributed by atoms with van der Waals surface area (Å²) in [6, 6.07) is 14.9. The molecule has 0 bridgehead atoms. The first-order valence-corrected chi connectivity index (χ1v) is 9.75. The lowest BCUT2D eigenvalue weighted by Crippen LogP contribution is -2.44. The molecule has 6 nitrogen and oxygen atoms in total. The largest absolute Gasteiger partial charge is 0.352 e. The molecular formula is C21H21ClN4O2. The van der Waals surface area contributed by atoms with Crippen molar-refractivity contribution in [3.63, 3.8) is 0 Å². The van der Waals surface area contributed by atoms with Crippen molar-refractivity contribution in [2.75, 3.05) is 18.0 Å². The summed E-state index contributed by atoms with van der Waals surface area (Å²) in [6.07, 6.45) is 1.62. The normalized spacial score (nSPS) is 16.9.